The van der Waals surface area contributed by atoms with Crippen molar-refractivity contribution in [3.8, 4) is 17.1 Å². The summed E-state index contributed by atoms with van der Waals surface area (Å²) in [5.41, 5.74) is 1.14. The normalized spacial score (nSPS) is 9.93. The van der Waals surface area contributed by atoms with Gasteiger partial charge in [-0.2, -0.15) is 0 Å². The smallest absolute Gasteiger partial charge is 0.248 e. The molecule has 76 valence electrons. The minimum Gasteiger partial charge on any atom is -0.494 e. The second kappa shape index (κ2) is 3.96. The highest BCUT2D eigenvalue weighted by molar-refractivity contribution is 5.61. The van der Waals surface area contributed by atoms with Crippen molar-refractivity contribution in [3.05, 3.63) is 46.9 Å². The second-order valence-corrected chi connectivity index (χ2v) is 2.98. The summed E-state index contributed by atoms with van der Waals surface area (Å²) in [6.07, 6.45) is 1.66. The maximum Gasteiger partial charge on any atom is 0.248 e. The van der Waals surface area contributed by atoms with Gasteiger partial charge in [0, 0.05) is 12.3 Å². The van der Waals surface area contributed by atoms with Crippen LogP contribution in [0.15, 0.2) is 41.3 Å². The summed E-state index contributed by atoms with van der Waals surface area (Å²) in [6.45, 7) is 0. The molecule has 0 atom stereocenters. The lowest BCUT2D eigenvalue weighted by Crippen LogP contribution is -2.04. The average molecular weight is 202 g/mol. The van der Waals surface area contributed by atoms with Crippen LogP contribution in [0.5, 0.6) is 5.75 Å². The summed E-state index contributed by atoms with van der Waals surface area (Å²) in [4.78, 5) is 18.0. The van der Waals surface area contributed by atoms with Crippen LogP contribution in [0.1, 0.15) is 0 Å². The predicted molar refractivity (Wildman–Crippen MR) is 56.8 cm³/mol. The molecule has 0 aromatic carbocycles. The molecule has 1 N–H and O–H groups in total. The average Bonchev–Trinajstić information content (AvgIpc) is 2.29. The van der Waals surface area contributed by atoms with Crippen LogP contribution >= 0.6 is 0 Å². The van der Waals surface area contributed by atoms with Crippen molar-refractivity contribution in [3.63, 3.8) is 0 Å². The van der Waals surface area contributed by atoms with Crippen molar-refractivity contribution in [2.75, 3.05) is 7.11 Å². The maximum absolute atomic E-state index is 11.1. The molecule has 0 spiro atoms. The molecule has 15 heavy (non-hydrogen) atoms. The number of pyridine rings is 2. The summed E-state index contributed by atoms with van der Waals surface area (Å²) in [7, 11) is 1.57. The monoisotopic (exact) mass is 202 g/mol. The van der Waals surface area contributed by atoms with E-state index in [1.54, 1.807) is 37.6 Å². The lowest BCUT2D eigenvalue weighted by molar-refractivity contribution is 0.414. The van der Waals surface area contributed by atoms with Gasteiger partial charge in [-0.15, -0.1) is 0 Å². The minimum absolute atomic E-state index is 0.153. The van der Waals surface area contributed by atoms with Crippen LogP contribution in [0.2, 0.25) is 0 Å². The summed E-state index contributed by atoms with van der Waals surface area (Å²) < 4.78 is 5.16. The van der Waals surface area contributed by atoms with Crippen molar-refractivity contribution in [2.24, 2.45) is 0 Å². The van der Waals surface area contributed by atoms with Gasteiger partial charge in [-0.1, -0.05) is 6.07 Å². The van der Waals surface area contributed by atoms with Gasteiger partial charge < -0.3 is 9.72 Å². The molecular weight excluding hydrogens is 192 g/mol. The highest BCUT2D eigenvalue weighted by atomic mass is 16.5. The predicted octanol–water partition coefficient (Wildman–Crippen LogP) is 1.45. The lowest BCUT2D eigenvalue weighted by atomic mass is 10.2. The van der Waals surface area contributed by atoms with Gasteiger partial charge in [-0.3, -0.25) is 9.78 Å². The molecule has 0 aliphatic carbocycles. The molecule has 0 aliphatic rings. The van der Waals surface area contributed by atoms with Crippen LogP contribution in [0, 0.1) is 0 Å². The molecule has 0 bridgehead atoms. The third-order valence-electron chi connectivity index (χ3n) is 2.01. The highest BCUT2D eigenvalue weighted by Gasteiger charge is 2.06. The second-order valence-electron chi connectivity index (χ2n) is 2.98. The SMILES string of the molecule is COc1cccnc1-c1cccc(=O)[nH]1. The Bertz CT molecular complexity index is 520. The molecule has 0 fully saturated rings. The first-order valence-electron chi connectivity index (χ1n) is 4.50. The number of methoxy groups -OCH3 is 1. The molecule has 0 unspecified atom stereocenters. The van der Waals surface area contributed by atoms with E-state index >= 15 is 0 Å². The molecule has 2 aromatic heterocycles. The van der Waals surface area contributed by atoms with Crippen LogP contribution in [0.3, 0.4) is 0 Å². The molecular formula is C11H10N2O2. The molecule has 2 aromatic rings. The third-order valence-corrected chi connectivity index (χ3v) is 2.01. The fourth-order valence-corrected chi connectivity index (χ4v) is 1.34. The zero-order chi connectivity index (χ0) is 10.7. The molecule has 0 aliphatic heterocycles. The Labute approximate surface area is 86.6 Å². The fraction of sp³-hybridized carbons (Fsp3) is 0.0909. The Balaban J connectivity index is 2.58. The first kappa shape index (κ1) is 9.45. The van der Waals surface area contributed by atoms with Crippen molar-refractivity contribution in [1.29, 1.82) is 0 Å². The Morgan fingerprint density at radius 1 is 1.27 bits per heavy atom. The molecule has 4 heteroatoms. The quantitative estimate of drug-likeness (QED) is 0.801. The summed E-state index contributed by atoms with van der Waals surface area (Å²) >= 11 is 0. The fourth-order valence-electron chi connectivity index (χ4n) is 1.34. The van der Waals surface area contributed by atoms with E-state index in [9.17, 15) is 4.79 Å². The molecule has 2 rings (SSSR count). The van der Waals surface area contributed by atoms with Crippen molar-refractivity contribution in [2.45, 2.75) is 0 Å². The van der Waals surface area contributed by atoms with Gasteiger partial charge in [0.05, 0.1) is 12.8 Å². The Kier molecular flexibility index (Phi) is 2.49. The molecule has 0 saturated heterocycles. The van der Waals surface area contributed by atoms with Crippen LogP contribution < -0.4 is 10.3 Å². The number of nitrogens with one attached hydrogen (secondary N) is 1. The number of aromatic nitrogens is 2. The van der Waals surface area contributed by atoms with Crippen LogP contribution in [-0.2, 0) is 0 Å². The molecule has 0 radical (unpaired) electrons. The number of H-pyrrole nitrogens is 1. The van der Waals surface area contributed by atoms with Gasteiger partial charge >= 0.3 is 0 Å². The number of ether oxygens (including phenoxy) is 1. The molecule has 2 heterocycles. The standard InChI is InChI=1S/C11H10N2O2/c1-15-9-5-3-7-12-11(9)8-4-2-6-10(14)13-8/h2-7H,1H3,(H,13,14). The molecule has 0 saturated carbocycles. The van der Waals surface area contributed by atoms with Crippen molar-refractivity contribution < 1.29 is 4.74 Å². The highest BCUT2D eigenvalue weighted by Crippen LogP contribution is 2.24. The van der Waals surface area contributed by atoms with Gasteiger partial charge in [-0.25, -0.2) is 0 Å². The maximum atomic E-state index is 11.1. The van der Waals surface area contributed by atoms with Gasteiger partial charge in [0.2, 0.25) is 5.56 Å². The van der Waals surface area contributed by atoms with E-state index in [1.807, 2.05) is 0 Å². The van der Waals surface area contributed by atoms with E-state index in [0.29, 0.717) is 17.1 Å². The van der Waals surface area contributed by atoms with Crippen LogP contribution in [0.4, 0.5) is 0 Å². The van der Waals surface area contributed by atoms with Gasteiger partial charge in [0.15, 0.2) is 0 Å². The first-order chi connectivity index (χ1) is 7.31. The first-order valence-corrected chi connectivity index (χ1v) is 4.50. The number of rotatable bonds is 2. The van der Waals surface area contributed by atoms with E-state index in [4.69, 9.17) is 4.74 Å². The van der Waals surface area contributed by atoms with Crippen LogP contribution in [-0.4, -0.2) is 17.1 Å². The van der Waals surface area contributed by atoms with Gasteiger partial charge in [0.25, 0.3) is 0 Å². The van der Waals surface area contributed by atoms with E-state index in [2.05, 4.69) is 9.97 Å². The number of hydrogen-bond acceptors (Lipinski definition) is 3. The summed E-state index contributed by atoms with van der Waals surface area (Å²) in [5.74, 6) is 0.638. The zero-order valence-corrected chi connectivity index (χ0v) is 8.23. The third kappa shape index (κ3) is 1.88. The minimum atomic E-state index is -0.153. The Hall–Kier alpha value is -2.10. The topological polar surface area (TPSA) is 55.0 Å². The summed E-state index contributed by atoms with van der Waals surface area (Å²) in [6, 6.07) is 8.50. The number of nitrogens with zero attached hydrogens (tertiary/aromatic N) is 1. The lowest BCUT2D eigenvalue weighted by Gasteiger charge is -2.05. The van der Waals surface area contributed by atoms with Gasteiger partial charge in [-0.05, 0) is 18.2 Å². The van der Waals surface area contributed by atoms with Gasteiger partial charge in [0.1, 0.15) is 11.4 Å². The molecule has 0 amide bonds. The van der Waals surface area contributed by atoms with E-state index in [-0.39, 0.29) is 5.56 Å². The zero-order valence-electron chi connectivity index (χ0n) is 8.23. The Morgan fingerprint density at radius 3 is 2.87 bits per heavy atom. The van der Waals surface area contributed by atoms with E-state index in [1.165, 1.54) is 6.07 Å². The number of aromatic amines is 1. The van der Waals surface area contributed by atoms with Crippen LogP contribution in [0.25, 0.3) is 11.4 Å². The van der Waals surface area contributed by atoms with Crippen molar-refractivity contribution in [1.82, 2.24) is 9.97 Å². The van der Waals surface area contributed by atoms with E-state index in [0.717, 1.165) is 0 Å². The molecule has 4 nitrogen and oxygen atoms in total. The Morgan fingerprint density at radius 2 is 2.13 bits per heavy atom. The summed E-state index contributed by atoms with van der Waals surface area (Å²) in [5, 5.41) is 0. The van der Waals surface area contributed by atoms with E-state index < -0.39 is 0 Å². The largest absolute Gasteiger partial charge is 0.494 e. The number of hydrogen-bond donors (Lipinski definition) is 1. The van der Waals surface area contributed by atoms with Crippen molar-refractivity contribution >= 4 is 0 Å².